The molecule has 0 bridgehead atoms. The van der Waals surface area contributed by atoms with Gasteiger partial charge < -0.3 is 13.9 Å². The Morgan fingerprint density at radius 2 is 1.92 bits per heavy atom. The predicted molar refractivity (Wildman–Crippen MR) is 94.7 cm³/mol. The Balaban J connectivity index is 1.77. The SMILES string of the molecule is O=CCn1c(-c2ccco2)ccc(NC(=O)OCc2ccccc2)c1=O. The lowest BCUT2D eigenvalue weighted by atomic mass is 10.2. The lowest BCUT2D eigenvalue weighted by molar-refractivity contribution is -0.108. The average Bonchev–Trinajstić information content (AvgIpc) is 3.19. The number of anilines is 1. The van der Waals surface area contributed by atoms with Crippen molar-refractivity contribution in [2.24, 2.45) is 0 Å². The van der Waals surface area contributed by atoms with Gasteiger partial charge in [0.1, 0.15) is 24.3 Å². The first-order chi connectivity index (χ1) is 12.7. The second-order valence-corrected chi connectivity index (χ2v) is 5.38. The number of hydrogen-bond acceptors (Lipinski definition) is 5. The fourth-order valence-electron chi connectivity index (χ4n) is 2.44. The third-order valence-corrected chi connectivity index (χ3v) is 3.65. The van der Waals surface area contributed by atoms with E-state index in [0.717, 1.165) is 5.56 Å². The number of rotatable bonds is 6. The fourth-order valence-corrected chi connectivity index (χ4v) is 2.44. The maximum atomic E-state index is 12.6. The maximum absolute atomic E-state index is 12.6. The first-order valence-corrected chi connectivity index (χ1v) is 7.88. The number of amides is 1. The van der Waals surface area contributed by atoms with Gasteiger partial charge in [0.05, 0.1) is 18.5 Å². The van der Waals surface area contributed by atoms with Crippen LogP contribution in [0.1, 0.15) is 5.56 Å². The molecule has 2 aromatic heterocycles. The Hall–Kier alpha value is -3.61. The molecule has 0 radical (unpaired) electrons. The highest BCUT2D eigenvalue weighted by Crippen LogP contribution is 2.19. The molecule has 0 aliphatic heterocycles. The number of hydrogen-bond donors (Lipinski definition) is 1. The number of carbonyl (C=O) groups excluding carboxylic acids is 2. The number of aldehydes is 1. The van der Waals surface area contributed by atoms with E-state index in [1.807, 2.05) is 30.3 Å². The van der Waals surface area contributed by atoms with E-state index >= 15 is 0 Å². The van der Waals surface area contributed by atoms with Gasteiger partial charge >= 0.3 is 6.09 Å². The maximum Gasteiger partial charge on any atom is 0.412 e. The molecule has 0 saturated carbocycles. The van der Waals surface area contributed by atoms with E-state index in [0.29, 0.717) is 17.7 Å². The van der Waals surface area contributed by atoms with Crippen LogP contribution >= 0.6 is 0 Å². The highest BCUT2D eigenvalue weighted by molar-refractivity contribution is 5.84. The number of furan rings is 1. The zero-order chi connectivity index (χ0) is 18.4. The number of benzene rings is 1. The number of carbonyl (C=O) groups is 2. The van der Waals surface area contributed by atoms with Crippen LogP contribution in [0.25, 0.3) is 11.5 Å². The van der Waals surface area contributed by atoms with Crippen molar-refractivity contribution < 1.29 is 18.7 Å². The molecule has 0 aliphatic carbocycles. The molecule has 0 atom stereocenters. The van der Waals surface area contributed by atoms with Crippen LogP contribution < -0.4 is 10.9 Å². The minimum atomic E-state index is -0.755. The smallest absolute Gasteiger partial charge is 0.412 e. The van der Waals surface area contributed by atoms with Gasteiger partial charge in [-0.15, -0.1) is 0 Å². The molecular formula is C19H16N2O5. The summed E-state index contributed by atoms with van der Waals surface area (Å²) in [4.78, 5) is 35.5. The van der Waals surface area contributed by atoms with Crippen molar-refractivity contribution in [2.75, 3.05) is 5.32 Å². The standard InChI is InChI=1S/C19H16N2O5/c22-11-10-21-16(17-7-4-12-25-17)9-8-15(18(21)23)20-19(24)26-13-14-5-2-1-3-6-14/h1-9,11-12H,10,13H2,(H,20,24). The number of ether oxygens (including phenoxy) is 1. The third-order valence-electron chi connectivity index (χ3n) is 3.65. The van der Waals surface area contributed by atoms with E-state index < -0.39 is 11.7 Å². The van der Waals surface area contributed by atoms with Gasteiger partial charge in [0, 0.05) is 0 Å². The molecule has 1 N–H and O–H groups in total. The van der Waals surface area contributed by atoms with Crippen LogP contribution in [0, 0.1) is 0 Å². The predicted octanol–water partition coefficient (Wildman–Crippen LogP) is 3.06. The quantitative estimate of drug-likeness (QED) is 0.689. The van der Waals surface area contributed by atoms with E-state index in [9.17, 15) is 14.4 Å². The van der Waals surface area contributed by atoms with Gasteiger partial charge in [-0.2, -0.15) is 0 Å². The van der Waals surface area contributed by atoms with Gasteiger partial charge in [0.2, 0.25) is 0 Å². The van der Waals surface area contributed by atoms with Crippen LogP contribution in [0.15, 0.2) is 70.1 Å². The number of aromatic nitrogens is 1. The van der Waals surface area contributed by atoms with Crippen molar-refractivity contribution in [3.63, 3.8) is 0 Å². The Bertz CT molecular complexity index is 946. The second-order valence-electron chi connectivity index (χ2n) is 5.38. The molecule has 7 heteroatoms. The molecule has 132 valence electrons. The minimum Gasteiger partial charge on any atom is -0.463 e. The second kappa shape index (κ2) is 7.98. The molecule has 0 saturated heterocycles. The number of pyridine rings is 1. The van der Waals surface area contributed by atoms with Crippen LogP contribution in [-0.2, 0) is 22.7 Å². The molecule has 0 fully saturated rings. The summed E-state index contributed by atoms with van der Waals surface area (Å²) in [6, 6.07) is 15.6. The van der Waals surface area contributed by atoms with E-state index in [-0.39, 0.29) is 18.8 Å². The first kappa shape index (κ1) is 17.2. The lowest BCUT2D eigenvalue weighted by Crippen LogP contribution is -2.27. The third kappa shape index (κ3) is 3.89. The summed E-state index contributed by atoms with van der Waals surface area (Å²) in [5.74, 6) is 0.446. The summed E-state index contributed by atoms with van der Waals surface area (Å²) in [5, 5.41) is 2.41. The van der Waals surface area contributed by atoms with Crippen LogP contribution in [0.5, 0.6) is 0 Å². The highest BCUT2D eigenvalue weighted by atomic mass is 16.5. The molecule has 7 nitrogen and oxygen atoms in total. The van der Waals surface area contributed by atoms with Gasteiger partial charge in [-0.3, -0.25) is 14.7 Å². The Morgan fingerprint density at radius 3 is 2.62 bits per heavy atom. The van der Waals surface area contributed by atoms with Crippen LogP contribution in [0.4, 0.5) is 10.5 Å². The summed E-state index contributed by atoms with van der Waals surface area (Å²) < 4.78 is 11.6. The van der Waals surface area contributed by atoms with Crippen molar-refractivity contribution >= 4 is 18.1 Å². The summed E-state index contributed by atoms with van der Waals surface area (Å²) in [7, 11) is 0. The Morgan fingerprint density at radius 1 is 1.12 bits per heavy atom. The summed E-state index contributed by atoms with van der Waals surface area (Å²) in [5.41, 5.74) is 0.757. The first-order valence-electron chi connectivity index (χ1n) is 7.88. The normalized spacial score (nSPS) is 10.3. The van der Waals surface area contributed by atoms with Gasteiger partial charge in [-0.25, -0.2) is 4.79 Å². The molecule has 3 rings (SSSR count). The van der Waals surface area contributed by atoms with E-state index in [2.05, 4.69) is 5.32 Å². The van der Waals surface area contributed by atoms with Gasteiger partial charge in [0.15, 0.2) is 0 Å². The van der Waals surface area contributed by atoms with Crippen molar-refractivity contribution in [3.8, 4) is 11.5 Å². The molecule has 2 heterocycles. The lowest BCUT2D eigenvalue weighted by Gasteiger charge is -2.12. The monoisotopic (exact) mass is 352 g/mol. The Kier molecular flexibility index (Phi) is 5.28. The van der Waals surface area contributed by atoms with Crippen LogP contribution in [-0.4, -0.2) is 16.9 Å². The van der Waals surface area contributed by atoms with E-state index in [1.54, 1.807) is 18.2 Å². The van der Waals surface area contributed by atoms with Gasteiger partial charge in [-0.1, -0.05) is 30.3 Å². The highest BCUT2D eigenvalue weighted by Gasteiger charge is 2.14. The van der Waals surface area contributed by atoms with Crippen molar-refractivity contribution in [1.82, 2.24) is 4.57 Å². The molecule has 3 aromatic rings. The Labute approximate surface area is 148 Å². The van der Waals surface area contributed by atoms with Crippen molar-refractivity contribution in [2.45, 2.75) is 13.2 Å². The van der Waals surface area contributed by atoms with Gasteiger partial charge in [-0.05, 0) is 29.8 Å². The van der Waals surface area contributed by atoms with E-state index in [4.69, 9.17) is 9.15 Å². The zero-order valence-corrected chi connectivity index (χ0v) is 13.8. The molecular weight excluding hydrogens is 336 g/mol. The van der Waals surface area contributed by atoms with Crippen LogP contribution in [0.3, 0.4) is 0 Å². The number of nitrogens with one attached hydrogen (secondary N) is 1. The zero-order valence-electron chi connectivity index (χ0n) is 13.8. The number of nitrogens with zero attached hydrogens (tertiary/aromatic N) is 1. The van der Waals surface area contributed by atoms with Crippen molar-refractivity contribution in [3.05, 3.63) is 76.8 Å². The fraction of sp³-hybridized carbons (Fsp3) is 0.105. The largest absolute Gasteiger partial charge is 0.463 e. The van der Waals surface area contributed by atoms with Crippen molar-refractivity contribution in [1.29, 1.82) is 0 Å². The molecule has 26 heavy (non-hydrogen) atoms. The van der Waals surface area contributed by atoms with Gasteiger partial charge in [0.25, 0.3) is 5.56 Å². The molecule has 1 amide bonds. The average molecular weight is 352 g/mol. The molecule has 0 aliphatic rings. The van der Waals surface area contributed by atoms with Crippen LogP contribution in [0.2, 0.25) is 0 Å². The molecule has 0 unspecified atom stereocenters. The topological polar surface area (TPSA) is 90.5 Å². The summed E-state index contributed by atoms with van der Waals surface area (Å²) >= 11 is 0. The minimum absolute atomic E-state index is 0.0141. The molecule has 0 spiro atoms. The molecule has 1 aromatic carbocycles. The summed E-state index contributed by atoms with van der Waals surface area (Å²) in [6.45, 7) is -0.0802. The summed E-state index contributed by atoms with van der Waals surface area (Å²) in [6.07, 6.45) is 1.32. The van der Waals surface area contributed by atoms with E-state index in [1.165, 1.54) is 16.9 Å².